The number of hydrogen-bond donors (Lipinski definition) is 3. The van der Waals surface area contributed by atoms with Gasteiger partial charge in [-0.25, -0.2) is 0 Å². The van der Waals surface area contributed by atoms with Gasteiger partial charge in [0.25, 0.3) is 0 Å². The van der Waals surface area contributed by atoms with E-state index in [0.29, 0.717) is 0 Å². The molecule has 0 aromatic heterocycles. The molecule has 3 heterocycles. The number of nitrogens with one attached hydrogen (secondary N) is 2. The highest BCUT2D eigenvalue weighted by Crippen LogP contribution is 2.44. The molecule has 0 fully saturated rings. The van der Waals surface area contributed by atoms with Crippen molar-refractivity contribution < 1.29 is 0 Å². The van der Waals surface area contributed by atoms with E-state index in [1.807, 2.05) is 11.7 Å². The van der Waals surface area contributed by atoms with Gasteiger partial charge in [-0.05, 0) is 96.4 Å². The quantitative estimate of drug-likeness (QED) is 0.122. The average molecular weight is 635 g/mol. The Kier molecular flexibility index (Phi) is 7.39. The molecule has 46 heavy (non-hydrogen) atoms. The third-order valence-electron chi connectivity index (χ3n) is 9.02. The Morgan fingerprint density at radius 2 is 1.41 bits per heavy atom. The van der Waals surface area contributed by atoms with Crippen molar-refractivity contribution in [1.29, 1.82) is 0 Å². The van der Waals surface area contributed by atoms with Gasteiger partial charge in [-0.15, -0.1) is 11.8 Å². The molecule has 8 rings (SSSR count). The molecule has 4 nitrogen and oxygen atoms in total. The van der Waals surface area contributed by atoms with Crippen LogP contribution in [0.25, 0.3) is 43.4 Å². The van der Waals surface area contributed by atoms with Crippen molar-refractivity contribution in [2.75, 3.05) is 12.5 Å². The zero-order chi connectivity index (χ0) is 31.2. The Bertz CT molecular complexity index is 2220. The molecule has 6 heteroatoms. The van der Waals surface area contributed by atoms with Crippen LogP contribution in [0.5, 0.6) is 0 Å². The van der Waals surface area contributed by atoms with E-state index in [1.54, 1.807) is 23.7 Å². The molecule has 3 aliphatic heterocycles. The number of fused-ring (bicyclic) bond motifs is 3. The van der Waals surface area contributed by atoms with Crippen LogP contribution in [0, 0.1) is 0 Å². The number of thioether (sulfide) groups is 1. The first-order valence-corrected chi connectivity index (χ1v) is 17.9. The summed E-state index contributed by atoms with van der Waals surface area (Å²) < 4.78 is 2.20. The molecule has 4 N–H and O–H groups in total. The molecule has 2 atom stereocenters. The lowest BCUT2D eigenvalue weighted by molar-refractivity contribution is 0.708. The predicted octanol–water partition coefficient (Wildman–Crippen LogP) is 9.58. The maximum Gasteiger partial charge on any atom is 0.0922 e. The van der Waals surface area contributed by atoms with E-state index in [9.17, 15) is 0 Å². The molecule has 0 saturated heterocycles. The fourth-order valence-electron chi connectivity index (χ4n) is 6.90. The highest BCUT2D eigenvalue weighted by atomic mass is 32.2. The zero-order valence-corrected chi connectivity index (χ0v) is 27.3. The Morgan fingerprint density at radius 3 is 2.17 bits per heavy atom. The fourth-order valence-corrected chi connectivity index (χ4v) is 7.78. The fraction of sp³-hybridized carbons (Fsp3) is 0.100. The van der Waals surface area contributed by atoms with E-state index in [0.717, 1.165) is 17.1 Å². The summed E-state index contributed by atoms with van der Waals surface area (Å²) in [6.07, 6.45) is 19.4. The van der Waals surface area contributed by atoms with Crippen LogP contribution < -0.4 is 16.4 Å². The van der Waals surface area contributed by atoms with Crippen LogP contribution in [0.2, 0.25) is 0 Å². The topological polar surface area (TPSA) is 53.1 Å². The second-order valence-corrected chi connectivity index (χ2v) is 13.1. The smallest absolute Gasteiger partial charge is 0.0922 e. The summed E-state index contributed by atoms with van der Waals surface area (Å²) in [5.74, 6) is 0. The average Bonchev–Trinajstić information content (AvgIpc) is 3.91. The molecule has 0 aliphatic carbocycles. The van der Waals surface area contributed by atoms with Crippen molar-refractivity contribution in [3.05, 3.63) is 167 Å². The molecular formula is C40H34N4S2. The maximum absolute atomic E-state index is 6.48. The summed E-state index contributed by atoms with van der Waals surface area (Å²) >= 11 is 3.34. The molecule has 5 aromatic rings. The van der Waals surface area contributed by atoms with E-state index in [1.165, 1.54) is 60.3 Å². The van der Waals surface area contributed by atoms with E-state index >= 15 is 0 Å². The molecule has 0 saturated carbocycles. The van der Waals surface area contributed by atoms with Gasteiger partial charge >= 0.3 is 0 Å². The Balaban J connectivity index is 1.36. The molecule has 3 aliphatic rings. The van der Waals surface area contributed by atoms with E-state index < -0.39 is 0 Å². The molecule has 0 spiro atoms. The highest BCUT2D eigenvalue weighted by molar-refractivity contribution is 8.01. The molecule has 2 unspecified atom stereocenters. The van der Waals surface area contributed by atoms with Gasteiger partial charge in [0.2, 0.25) is 0 Å². The number of allylic oxidation sites excluding steroid dienone is 4. The monoisotopic (exact) mass is 634 g/mol. The van der Waals surface area contributed by atoms with Crippen LogP contribution in [0.15, 0.2) is 156 Å². The summed E-state index contributed by atoms with van der Waals surface area (Å²) in [5.41, 5.74) is 15.5. The minimum absolute atomic E-state index is 0.0000978. The number of nitrogens with two attached hydrogens (primary N) is 1. The first kappa shape index (κ1) is 28.7. The van der Waals surface area contributed by atoms with Crippen LogP contribution in [-0.2, 0) is 0 Å². The van der Waals surface area contributed by atoms with Gasteiger partial charge in [0.1, 0.15) is 0 Å². The Hall–Kier alpha value is -4.78. The minimum Gasteiger partial charge on any atom is -0.397 e. The number of nitrogens with zero attached hydrogens (tertiary/aromatic N) is 1. The van der Waals surface area contributed by atoms with Crippen LogP contribution in [0.1, 0.15) is 23.2 Å². The Labute approximate surface area is 278 Å². The molecule has 226 valence electrons. The Morgan fingerprint density at radius 1 is 0.739 bits per heavy atom. The van der Waals surface area contributed by atoms with E-state index in [2.05, 4.69) is 149 Å². The van der Waals surface area contributed by atoms with Crippen molar-refractivity contribution in [1.82, 2.24) is 14.9 Å². The lowest BCUT2D eigenvalue weighted by atomic mass is 9.83. The molecule has 5 aromatic carbocycles. The normalized spacial score (nSPS) is 19.1. The zero-order valence-electron chi connectivity index (χ0n) is 25.7. The summed E-state index contributed by atoms with van der Waals surface area (Å²) in [6, 6.07) is 31.1. The van der Waals surface area contributed by atoms with E-state index in [-0.39, 0.29) is 12.1 Å². The SMILES string of the molecule is CS/C=C(\N)C1=CC=CC(c2c3ccccc3c(C3C=CC=C(C4=CN4SC)N3)c3cc(-c4cccc5ccccc45)ccc23)N1. The van der Waals surface area contributed by atoms with Gasteiger partial charge in [0, 0.05) is 12.5 Å². The lowest BCUT2D eigenvalue weighted by Crippen LogP contribution is -2.26. The van der Waals surface area contributed by atoms with Crippen LogP contribution in [-0.4, -0.2) is 16.8 Å². The summed E-state index contributed by atoms with van der Waals surface area (Å²) in [6.45, 7) is 0. The van der Waals surface area contributed by atoms with Gasteiger partial charge in [-0.1, -0.05) is 103 Å². The molecular weight excluding hydrogens is 601 g/mol. The van der Waals surface area contributed by atoms with Crippen molar-refractivity contribution in [3.8, 4) is 11.1 Å². The lowest BCUT2D eigenvalue weighted by Gasteiger charge is -2.29. The summed E-state index contributed by atoms with van der Waals surface area (Å²) in [7, 11) is 0. The highest BCUT2D eigenvalue weighted by Gasteiger charge is 2.29. The standard InChI is InChI=1S/C40H34N4S2/c1-45-24-33(41)34-16-8-18-36(42-34)39-29-13-5-6-14-30(29)40(37-19-9-17-35(43-37)38-23-44(38)46-2)32-22-26(20-21-31(32)39)28-15-7-11-25-10-3-4-12-27(25)28/h3-24,36-37,42-43H,41H2,1-2H3/b33-24-. The molecule has 0 bridgehead atoms. The van der Waals surface area contributed by atoms with Crippen LogP contribution >= 0.6 is 23.7 Å². The van der Waals surface area contributed by atoms with Crippen LogP contribution in [0.3, 0.4) is 0 Å². The number of rotatable bonds is 7. The van der Waals surface area contributed by atoms with Gasteiger partial charge in [-0.2, -0.15) is 0 Å². The first-order valence-electron chi connectivity index (χ1n) is 15.5. The minimum atomic E-state index is -0.0456. The number of benzene rings is 5. The van der Waals surface area contributed by atoms with Gasteiger partial charge in [0.15, 0.2) is 0 Å². The summed E-state index contributed by atoms with van der Waals surface area (Å²) in [5, 5.41) is 17.1. The van der Waals surface area contributed by atoms with Gasteiger partial charge < -0.3 is 16.4 Å². The first-order chi connectivity index (χ1) is 22.6. The summed E-state index contributed by atoms with van der Waals surface area (Å²) in [4.78, 5) is 0. The molecule has 0 radical (unpaired) electrons. The van der Waals surface area contributed by atoms with Crippen molar-refractivity contribution in [3.63, 3.8) is 0 Å². The van der Waals surface area contributed by atoms with Crippen molar-refractivity contribution in [2.24, 2.45) is 5.73 Å². The van der Waals surface area contributed by atoms with Crippen LogP contribution in [0.4, 0.5) is 0 Å². The van der Waals surface area contributed by atoms with Gasteiger partial charge in [0.05, 0.1) is 34.9 Å². The number of hydrogen-bond acceptors (Lipinski definition) is 6. The van der Waals surface area contributed by atoms with Crippen molar-refractivity contribution in [2.45, 2.75) is 12.1 Å². The third-order valence-corrected chi connectivity index (χ3v) is 10.2. The van der Waals surface area contributed by atoms with E-state index in [4.69, 9.17) is 5.73 Å². The molecule has 0 amide bonds. The van der Waals surface area contributed by atoms with Crippen molar-refractivity contribution >= 4 is 56.0 Å². The predicted molar refractivity (Wildman–Crippen MR) is 200 cm³/mol. The number of dihydropyridines is 2. The largest absolute Gasteiger partial charge is 0.397 e. The second-order valence-electron chi connectivity index (χ2n) is 11.7. The van der Waals surface area contributed by atoms with Gasteiger partial charge in [-0.3, -0.25) is 4.31 Å². The third kappa shape index (κ3) is 4.98. The maximum atomic E-state index is 6.48. The second kappa shape index (κ2) is 11.9.